The van der Waals surface area contributed by atoms with Crippen molar-refractivity contribution in [2.24, 2.45) is 5.73 Å². The molecule has 0 aromatic heterocycles. The molecule has 5 heteroatoms. The molecule has 5 nitrogen and oxygen atoms in total. The van der Waals surface area contributed by atoms with Crippen LogP contribution in [-0.2, 0) is 16.0 Å². The van der Waals surface area contributed by atoms with E-state index in [9.17, 15) is 9.59 Å². The molecule has 0 saturated heterocycles. The smallest absolute Gasteiger partial charge is 0.307 e. The second kappa shape index (κ2) is 4.99. The molecule has 80 valence electrons. The van der Waals surface area contributed by atoms with Crippen molar-refractivity contribution in [3.05, 3.63) is 29.8 Å². The highest BCUT2D eigenvalue weighted by molar-refractivity contribution is 5.75. The Morgan fingerprint density at radius 2 is 2.00 bits per heavy atom. The van der Waals surface area contributed by atoms with E-state index in [1.54, 1.807) is 24.3 Å². The molecule has 0 aliphatic heterocycles. The largest absolute Gasteiger partial charge is 0.483 e. The van der Waals surface area contributed by atoms with Gasteiger partial charge in [-0.3, -0.25) is 9.59 Å². The summed E-state index contributed by atoms with van der Waals surface area (Å²) >= 11 is 0. The lowest BCUT2D eigenvalue weighted by molar-refractivity contribution is -0.136. The molecule has 0 fully saturated rings. The van der Waals surface area contributed by atoms with Crippen LogP contribution in [0, 0.1) is 0 Å². The second-order valence-corrected chi connectivity index (χ2v) is 2.93. The molecule has 1 aromatic carbocycles. The van der Waals surface area contributed by atoms with Gasteiger partial charge in [-0.2, -0.15) is 0 Å². The summed E-state index contributed by atoms with van der Waals surface area (Å²) < 4.78 is 5.06. The molecule has 0 bridgehead atoms. The van der Waals surface area contributed by atoms with Crippen molar-refractivity contribution >= 4 is 11.9 Å². The van der Waals surface area contributed by atoms with Crippen LogP contribution in [0.15, 0.2) is 24.3 Å². The average molecular weight is 209 g/mol. The van der Waals surface area contributed by atoms with Crippen LogP contribution in [-0.4, -0.2) is 23.6 Å². The zero-order chi connectivity index (χ0) is 11.3. The Morgan fingerprint density at radius 1 is 1.33 bits per heavy atom. The predicted octanol–water partition coefficient (Wildman–Crippen LogP) is 0.178. The van der Waals surface area contributed by atoms with Crippen LogP contribution < -0.4 is 10.5 Å². The fraction of sp³-hybridized carbons (Fsp3) is 0.200. The maximum Gasteiger partial charge on any atom is 0.307 e. The molecule has 1 aromatic rings. The van der Waals surface area contributed by atoms with Gasteiger partial charge in [-0.05, 0) is 6.07 Å². The van der Waals surface area contributed by atoms with Crippen molar-refractivity contribution in [2.75, 3.05) is 6.61 Å². The number of aliphatic carboxylic acids is 1. The Kier molecular flexibility index (Phi) is 3.68. The Bertz CT molecular complexity index is 375. The number of carboxylic acids is 1. The lowest BCUT2D eigenvalue weighted by Crippen LogP contribution is -2.20. The zero-order valence-electron chi connectivity index (χ0n) is 7.97. The van der Waals surface area contributed by atoms with Gasteiger partial charge < -0.3 is 15.6 Å². The number of carboxylic acid groups (broad SMARTS) is 1. The van der Waals surface area contributed by atoms with E-state index in [0.717, 1.165) is 0 Å². The third kappa shape index (κ3) is 3.68. The third-order valence-electron chi connectivity index (χ3n) is 1.68. The summed E-state index contributed by atoms with van der Waals surface area (Å²) in [5, 5.41) is 8.62. The number of hydrogen-bond acceptors (Lipinski definition) is 3. The van der Waals surface area contributed by atoms with Crippen LogP contribution in [0.3, 0.4) is 0 Å². The highest BCUT2D eigenvalue weighted by Crippen LogP contribution is 2.18. The zero-order valence-corrected chi connectivity index (χ0v) is 7.97. The first-order chi connectivity index (χ1) is 7.09. The van der Waals surface area contributed by atoms with E-state index in [1.807, 2.05) is 0 Å². The monoisotopic (exact) mass is 209 g/mol. The predicted molar refractivity (Wildman–Crippen MR) is 52.5 cm³/mol. The number of amides is 1. The summed E-state index contributed by atoms with van der Waals surface area (Å²) in [5.41, 5.74) is 5.43. The first-order valence-corrected chi connectivity index (χ1v) is 4.30. The fourth-order valence-electron chi connectivity index (χ4n) is 1.10. The van der Waals surface area contributed by atoms with Gasteiger partial charge in [0.05, 0.1) is 6.42 Å². The summed E-state index contributed by atoms with van der Waals surface area (Å²) in [6.45, 7) is -0.253. The van der Waals surface area contributed by atoms with Gasteiger partial charge >= 0.3 is 5.97 Å². The van der Waals surface area contributed by atoms with Gasteiger partial charge in [0.1, 0.15) is 5.75 Å². The number of hydrogen-bond donors (Lipinski definition) is 2. The molecule has 0 radical (unpaired) electrons. The first kappa shape index (κ1) is 11.0. The Morgan fingerprint density at radius 3 is 2.60 bits per heavy atom. The highest BCUT2D eigenvalue weighted by Gasteiger charge is 2.07. The number of benzene rings is 1. The quantitative estimate of drug-likeness (QED) is 0.723. The van der Waals surface area contributed by atoms with Crippen molar-refractivity contribution in [3.63, 3.8) is 0 Å². The standard InChI is InChI=1S/C10H11NO4/c11-9(12)6-15-8-4-2-1-3-7(8)5-10(13)14/h1-4H,5-6H2,(H2,11,12)(H,13,14). The molecule has 15 heavy (non-hydrogen) atoms. The molecule has 1 amide bonds. The number of para-hydroxylation sites is 1. The van der Waals surface area contributed by atoms with Gasteiger partial charge in [-0.25, -0.2) is 0 Å². The molecule has 1 rings (SSSR count). The van der Waals surface area contributed by atoms with Gasteiger partial charge in [0.2, 0.25) is 0 Å². The van der Waals surface area contributed by atoms with E-state index in [0.29, 0.717) is 11.3 Å². The van der Waals surface area contributed by atoms with Crippen molar-refractivity contribution in [2.45, 2.75) is 6.42 Å². The van der Waals surface area contributed by atoms with Gasteiger partial charge in [-0.1, -0.05) is 18.2 Å². The number of carbonyl (C=O) groups excluding carboxylic acids is 1. The average Bonchev–Trinajstić information content (AvgIpc) is 2.15. The van der Waals surface area contributed by atoms with E-state index in [2.05, 4.69) is 0 Å². The Balaban J connectivity index is 2.76. The van der Waals surface area contributed by atoms with Crippen LogP contribution in [0.5, 0.6) is 5.75 Å². The van der Waals surface area contributed by atoms with E-state index in [1.165, 1.54) is 0 Å². The maximum absolute atomic E-state index is 10.5. The molecule has 3 N–H and O–H groups in total. The number of rotatable bonds is 5. The molecule has 0 atom stereocenters. The SMILES string of the molecule is NC(=O)COc1ccccc1CC(=O)O. The highest BCUT2D eigenvalue weighted by atomic mass is 16.5. The Hall–Kier alpha value is -2.04. The number of carbonyl (C=O) groups is 2. The molecular formula is C10H11NO4. The topological polar surface area (TPSA) is 89.6 Å². The molecule has 0 saturated carbocycles. The summed E-state index contributed by atoms with van der Waals surface area (Å²) in [4.78, 5) is 21.0. The molecular weight excluding hydrogens is 198 g/mol. The summed E-state index contributed by atoms with van der Waals surface area (Å²) in [7, 11) is 0. The first-order valence-electron chi connectivity index (χ1n) is 4.30. The van der Waals surface area contributed by atoms with Crippen LogP contribution in [0.1, 0.15) is 5.56 Å². The second-order valence-electron chi connectivity index (χ2n) is 2.93. The van der Waals surface area contributed by atoms with Gasteiger partial charge in [0.15, 0.2) is 6.61 Å². The molecule has 0 aliphatic rings. The van der Waals surface area contributed by atoms with E-state index >= 15 is 0 Å². The molecule has 0 heterocycles. The van der Waals surface area contributed by atoms with Crippen molar-refractivity contribution in [3.8, 4) is 5.75 Å². The fourth-order valence-corrected chi connectivity index (χ4v) is 1.10. The third-order valence-corrected chi connectivity index (χ3v) is 1.68. The number of primary amides is 1. The van der Waals surface area contributed by atoms with E-state index < -0.39 is 11.9 Å². The molecule has 0 spiro atoms. The van der Waals surface area contributed by atoms with Crippen molar-refractivity contribution < 1.29 is 19.4 Å². The van der Waals surface area contributed by atoms with E-state index in [4.69, 9.17) is 15.6 Å². The molecule has 0 aliphatic carbocycles. The minimum absolute atomic E-state index is 0.144. The van der Waals surface area contributed by atoms with Gasteiger partial charge in [0, 0.05) is 5.56 Å². The normalized spacial score (nSPS) is 9.60. The van der Waals surface area contributed by atoms with Crippen molar-refractivity contribution in [1.29, 1.82) is 0 Å². The number of nitrogens with two attached hydrogens (primary N) is 1. The van der Waals surface area contributed by atoms with Crippen LogP contribution in [0.4, 0.5) is 0 Å². The minimum atomic E-state index is -0.954. The summed E-state index contributed by atoms with van der Waals surface area (Å²) in [5.74, 6) is -1.18. The van der Waals surface area contributed by atoms with Crippen LogP contribution in [0.2, 0.25) is 0 Å². The lowest BCUT2D eigenvalue weighted by atomic mass is 10.1. The summed E-state index contributed by atoms with van der Waals surface area (Å²) in [6.07, 6.45) is -0.144. The lowest BCUT2D eigenvalue weighted by Gasteiger charge is -2.07. The van der Waals surface area contributed by atoms with Gasteiger partial charge in [-0.15, -0.1) is 0 Å². The van der Waals surface area contributed by atoms with Gasteiger partial charge in [0.25, 0.3) is 5.91 Å². The van der Waals surface area contributed by atoms with E-state index in [-0.39, 0.29) is 13.0 Å². The van der Waals surface area contributed by atoms with Crippen LogP contribution >= 0.6 is 0 Å². The van der Waals surface area contributed by atoms with Crippen LogP contribution in [0.25, 0.3) is 0 Å². The Labute approximate surface area is 86.5 Å². The van der Waals surface area contributed by atoms with Crippen molar-refractivity contribution in [1.82, 2.24) is 0 Å². The maximum atomic E-state index is 10.5. The molecule has 0 unspecified atom stereocenters. The summed E-state index contributed by atoms with van der Waals surface area (Å²) in [6, 6.07) is 6.63. The minimum Gasteiger partial charge on any atom is -0.483 e. The number of ether oxygens (including phenoxy) is 1.